The third-order valence-electron chi connectivity index (χ3n) is 3.17. The Morgan fingerprint density at radius 2 is 2.41 bits per heavy atom. The van der Waals surface area contributed by atoms with E-state index in [2.05, 4.69) is 4.98 Å². The smallest absolute Gasteiger partial charge is 0.224 e. The van der Waals surface area contributed by atoms with Crippen molar-refractivity contribution in [2.45, 2.75) is 18.5 Å². The van der Waals surface area contributed by atoms with Crippen molar-refractivity contribution < 1.29 is 9.53 Å². The lowest BCUT2D eigenvalue weighted by Crippen LogP contribution is -2.36. The number of hydrogen-bond donors (Lipinski definition) is 1. The van der Waals surface area contributed by atoms with Gasteiger partial charge >= 0.3 is 0 Å². The summed E-state index contributed by atoms with van der Waals surface area (Å²) in [7, 11) is 3.53. The summed E-state index contributed by atoms with van der Waals surface area (Å²) < 4.78 is 6.93. The number of hydrogen-bond acceptors (Lipinski definition) is 4. The van der Waals surface area contributed by atoms with Crippen LogP contribution in [-0.4, -0.2) is 46.7 Å². The predicted octanol–water partition coefficient (Wildman–Crippen LogP) is -0.333. The van der Waals surface area contributed by atoms with Crippen molar-refractivity contribution in [1.29, 1.82) is 0 Å². The first-order valence-electron chi connectivity index (χ1n) is 5.65. The molecule has 17 heavy (non-hydrogen) atoms. The summed E-state index contributed by atoms with van der Waals surface area (Å²) in [6, 6.07) is -0.264. The molecule has 1 aromatic rings. The number of nitrogens with two attached hydrogens (primary N) is 1. The van der Waals surface area contributed by atoms with E-state index >= 15 is 0 Å². The van der Waals surface area contributed by atoms with Gasteiger partial charge in [-0.3, -0.25) is 4.79 Å². The lowest BCUT2D eigenvalue weighted by molar-refractivity contribution is -0.129. The number of methoxy groups -OCH3 is 1. The quantitative estimate of drug-likeness (QED) is 0.779. The van der Waals surface area contributed by atoms with Crippen LogP contribution in [0.3, 0.4) is 0 Å². The van der Waals surface area contributed by atoms with Crippen molar-refractivity contribution in [1.82, 2.24) is 14.5 Å². The number of nitrogens with zero attached hydrogens (tertiary/aromatic N) is 3. The molecule has 94 valence electrons. The van der Waals surface area contributed by atoms with Gasteiger partial charge in [0.2, 0.25) is 5.91 Å². The van der Waals surface area contributed by atoms with E-state index < -0.39 is 0 Å². The summed E-state index contributed by atoms with van der Waals surface area (Å²) in [5.41, 5.74) is 7.02. The molecule has 2 rings (SSSR count). The van der Waals surface area contributed by atoms with Crippen molar-refractivity contribution in [3.8, 4) is 0 Å². The fourth-order valence-corrected chi connectivity index (χ4v) is 2.30. The first-order valence-corrected chi connectivity index (χ1v) is 5.65. The summed E-state index contributed by atoms with van der Waals surface area (Å²) in [5.74, 6) is 0.0840. The highest BCUT2D eigenvalue weighted by Crippen LogP contribution is 2.31. The zero-order chi connectivity index (χ0) is 12.4. The van der Waals surface area contributed by atoms with E-state index in [0.29, 0.717) is 19.6 Å². The van der Waals surface area contributed by atoms with E-state index in [-0.39, 0.29) is 18.0 Å². The number of aryl methyl sites for hydroxylation is 1. The number of amides is 1. The normalized spacial score (nSPS) is 24.6. The molecule has 1 saturated heterocycles. The molecule has 1 amide bonds. The van der Waals surface area contributed by atoms with Crippen LogP contribution >= 0.6 is 0 Å². The highest BCUT2D eigenvalue weighted by molar-refractivity contribution is 5.80. The Morgan fingerprint density at radius 1 is 1.65 bits per heavy atom. The van der Waals surface area contributed by atoms with Gasteiger partial charge in [0.1, 0.15) is 0 Å². The third-order valence-corrected chi connectivity index (χ3v) is 3.17. The second kappa shape index (κ2) is 4.85. The molecule has 6 heteroatoms. The highest BCUT2D eigenvalue weighted by Gasteiger charge is 2.39. The molecule has 2 unspecified atom stereocenters. The van der Waals surface area contributed by atoms with Gasteiger partial charge in [-0.1, -0.05) is 0 Å². The van der Waals surface area contributed by atoms with Crippen molar-refractivity contribution in [2.24, 2.45) is 12.8 Å². The van der Waals surface area contributed by atoms with Crippen LogP contribution in [0.4, 0.5) is 0 Å². The van der Waals surface area contributed by atoms with Gasteiger partial charge in [-0.25, -0.2) is 4.98 Å². The molecule has 2 heterocycles. The molecule has 2 atom stereocenters. The van der Waals surface area contributed by atoms with E-state index in [1.807, 2.05) is 11.6 Å². The average molecular weight is 238 g/mol. The van der Waals surface area contributed by atoms with Crippen LogP contribution in [0.1, 0.15) is 18.2 Å². The minimum absolute atomic E-state index is 0.0840. The predicted molar refractivity (Wildman–Crippen MR) is 62.1 cm³/mol. The molecule has 1 fully saturated rings. The zero-order valence-electron chi connectivity index (χ0n) is 10.2. The summed E-state index contributed by atoms with van der Waals surface area (Å²) in [6.07, 6.45) is 3.88. The summed E-state index contributed by atoms with van der Waals surface area (Å²) >= 11 is 0. The van der Waals surface area contributed by atoms with E-state index in [1.165, 1.54) is 0 Å². The Labute approximate surface area is 100 Å². The SMILES string of the molecule is COCCN1C(=O)CC(N)C1c1cncn1C. The Hall–Kier alpha value is -1.40. The van der Waals surface area contributed by atoms with Crippen LogP contribution in [-0.2, 0) is 16.6 Å². The second-order valence-electron chi connectivity index (χ2n) is 4.32. The van der Waals surface area contributed by atoms with E-state index in [9.17, 15) is 4.79 Å². The minimum atomic E-state index is -0.172. The summed E-state index contributed by atoms with van der Waals surface area (Å²) in [6.45, 7) is 1.09. The van der Waals surface area contributed by atoms with Gasteiger partial charge in [-0.15, -0.1) is 0 Å². The van der Waals surface area contributed by atoms with Gasteiger partial charge in [0, 0.05) is 33.2 Å². The maximum atomic E-state index is 11.9. The first-order chi connectivity index (χ1) is 8.15. The lowest BCUT2D eigenvalue weighted by atomic mass is 10.1. The molecule has 0 bridgehead atoms. The van der Waals surface area contributed by atoms with Crippen LogP contribution in [0.5, 0.6) is 0 Å². The van der Waals surface area contributed by atoms with E-state index in [4.69, 9.17) is 10.5 Å². The van der Waals surface area contributed by atoms with Gasteiger partial charge in [-0.2, -0.15) is 0 Å². The van der Waals surface area contributed by atoms with Gasteiger partial charge in [0.25, 0.3) is 0 Å². The molecule has 0 aromatic carbocycles. The fourth-order valence-electron chi connectivity index (χ4n) is 2.30. The van der Waals surface area contributed by atoms with Gasteiger partial charge in [-0.05, 0) is 0 Å². The molecule has 1 aliphatic rings. The number of carbonyl (C=O) groups excluding carboxylic acids is 1. The van der Waals surface area contributed by atoms with E-state index in [0.717, 1.165) is 5.69 Å². The molecule has 1 aliphatic heterocycles. The van der Waals surface area contributed by atoms with Crippen molar-refractivity contribution in [2.75, 3.05) is 20.3 Å². The van der Waals surface area contributed by atoms with Gasteiger partial charge < -0.3 is 19.9 Å². The third kappa shape index (κ3) is 2.18. The van der Waals surface area contributed by atoms with Crippen molar-refractivity contribution in [3.63, 3.8) is 0 Å². The molecule has 0 radical (unpaired) electrons. The zero-order valence-corrected chi connectivity index (χ0v) is 10.2. The molecular weight excluding hydrogens is 220 g/mol. The molecule has 2 N–H and O–H groups in total. The maximum absolute atomic E-state index is 11.9. The Bertz CT molecular complexity index is 404. The summed E-state index contributed by atoms with van der Waals surface area (Å²) in [4.78, 5) is 17.7. The second-order valence-corrected chi connectivity index (χ2v) is 4.32. The maximum Gasteiger partial charge on any atom is 0.224 e. The lowest BCUT2D eigenvalue weighted by Gasteiger charge is -2.26. The minimum Gasteiger partial charge on any atom is -0.383 e. The van der Waals surface area contributed by atoms with Gasteiger partial charge in [0.05, 0.1) is 30.9 Å². The van der Waals surface area contributed by atoms with Crippen LogP contribution in [0.15, 0.2) is 12.5 Å². The molecule has 0 spiro atoms. The Balaban J connectivity index is 2.23. The van der Waals surface area contributed by atoms with E-state index in [1.54, 1.807) is 24.5 Å². The number of carbonyl (C=O) groups is 1. The molecule has 6 nitrogen and oxygen atoms in total. The Morgan fingerprint density at radius 3 is 3.00 bits per heavy atom. The Kier molecular flexibility index (Phi) is 3.44. The fraction of sp³-hybridized carbons (Fsp3) is 0.636. The monoisotopic (exact) mass is 238 g/mol. The molecule has 0 aliphatic carbocycles. The number of imidazole rings is 1. The topological polar surface area (TPSA) is 73.4 Å². The molecular formula is C11H18N4O2. The van der Waals surface area contributed by atoms with Crippen LogP contribution in [0.25, 0.3) is 0 Å². The average Bonchev–Trinajstić information content (AvgIpc) is 2.80. The number of rotatable bonds is 4. The number of aromatic nitrogens is 2. The number of ether oxygens (including phenoxy) is 1. The number of likely N-dealkylation sites (tertiary alicyclic amines) is 1. The summed E-state index contributed by atoms with van der Waals surface area (Å²) in [5, 5.41) is 0. The van der Waals surface area contributed by atoms with Crippen LogP contribution in [0, 0.1) is 0 Å². The van der Waals surface area contributed by atoms with Crippen molar-refractivity contribution >= 4 is 5.91 Å². The molecule has 1 aromatic heterocycles. The first kappa shape index (κ1) is 12.1. The molecule has 0 saturated carbocycles. The largest absolute Gasteiger partial charge is 0.383 e. The van der Waals surface area contributed by atoms with Crippen LogP contribution in [0.2, 0.25) is 0 Å². The standard InChI is InChI=1S/C11H18N4O2/c1-14-7-13-6-9(14)11-8(12)5-10(16)15(11)3-4-17-2/h6-8,11H,3-5,12H2,1-2H3. The van der Waals surface area contributed by atoms with Crippen molar-refractivity contribution in [3.05, 3.63) is 18.2 Å². The highest BCUT2D eigenvalue weighted by atomic mass is 16.5. The van der Waals surface area contributed by atoms with Gasteiger partial charge in [0.15, 0.2) is 0 Å². The van der Waals surface area contributed by atoms with Crippen LogP contribution < -0.4 is 5.73 Å².